The van der Waals surface area contributed by atoms with E-state index in [0.29, 0.717) is 10.0 Å². The van der Waals surface area contributed by atoms with Gasteiger partial charge in [0.1, 0.15) is 0 Å². The summed E-state index contributed by atoms with van der Waals surface area (Å²) in [5, 5.41) is 9.01. The lowest BCUT2D eigenvalue weighted by atomic mass is 10.1. The fourth-order valence-corrected chi connectivity index (χ4v) is 3.71. The normalized spacial score (nSPS) is 12.2. The third-order valence-electron chi connectivity index (χ3n) is 2.93. The van der Waals surface area contributed by atoms with Gasteiger partial charge in [-0.15, -0.1) is 0 Å². The third kappa shape index (κ3) is 3.16. The summed E-state index contributed by atoms with van der Waals surface area (Å²) in [5.41, 5.74) is 0.436. The van der Waals surface area contributed by atoms with Crippen LogP contribution in [0.15, 0.2) is 21.5 Å². The maximum Gasteiger partial charge on any atom is 0.335 e. The molecule has 0 radical (unpaired) electrons. The molecule has 0 aliphatic heterocycles. The molecule has 0 fully saturated rings. The van der Waals surface area contributed by atoms with E-state index in [1.807, 2.05) is 0 Å². The smallest absolute Gasteiger partial charge is 0.335 e. The van der Waals surface area contributed by atoms with Crippen LogP contribution in [0.3, 0.4) is 0 Å². The van der Waals surface area contributed by atoms with Gasteiger partial charge >= 0.3 is 5.97 Å². The molecule has 0 saturated heterocycles. The first-order valence-corrected chi connectivity index (χ1v) is 7.83. The van der Waals surface area contributed by atoms with Crippen LogP contribution in [0.1, 0.15) is 29.8 Å². The minimum atomic E-state index is -3.71. The van der Waals surface area contributed by atoms with Gasteiger partial charge in [-0.25, -0.2) is 13.2 Å². The van der Waals surface area contributed by atoms with E-state index in [9.17, 15) is 13.2 Å². The molecule has 0 heterocycles. The Hall–Kier alpha value is -0.920. The summed E-state index contributed by atoms with van der Waals surface area (Å²) in [4.78, 5) is 11.0. The van der Waals surface area contributed by atoms with Crippen molar-refractivity contribution < 1.29 is 18.3 Å². The Bertz CT molecular complexity index is 610. The van der Waals surface area contributed by atoms with Crippen molar-refractivity contribution in [1.82, 2.24) is 4.31 Å². The summed E-state index contributed by atoms with van der Waals surface area (Å²) >= 11 is 3.20. The Morgan fingerprint density at radius 3 is 2.32 bits per heavy atom. The van der Waals surface area contributed by atoms with Crippen molar-refractivity contribution in [3.05, 3.63) is 27.7 Å². The van der Waals surface area contributed by atoms with Gasteiger partial charge in [0, 0.05) is 17.6 Å². The molecule has 0 aromatic heterocycles. The maximum absolute atomic E-state index is 12.4. The molecular formula is C12H16BrNO4S. The molecule has 19 heavy (non-hydrogen) atoms. The second-order valence-corrected chi connectivity index (χ2v) is 7.32. The fourth-order valence-electron chi connectivity index (χ4n) is 1.48. The molecule has 0 spiro atoms. The van der Waals surface area contributed by atoms with Gasteiger partial charge in [-0.3, -0.25) is 0 Å². The summed E-state index contributed by atoms with van der Waals surface area (Å²) < 4.78 is 26.5. The molecule has 0 amide bonds. The molecule has 0 aliphatic rings. The minimum absolute atomic E-state index is 0.00970. The second-order valence-electron chi connectivity index (χ2n) is 4.50. The molecule has 1 aromatic carbocycles. The van der Waals surface area contributed by atoms with Gasteiger partial charge in [-0.1, -0.05) is 15.9 Å². The third-order valence-corrected chi connectivity index (χ3v) is 5.91. The van der Waals surface area contributed by atoms with Crippen LogP contribution in [0.4, 0.5) is 0 Å². The average Bonchev–Trinajstić information content (AvgIpc) is 2.30. The molecule has 0 aliphatic carbocycles. The molecular weight excluding hydrogens is 334 g/mol. The van der Waals surface area contributed by atoms with E-state index in [4.69, 9.17) is 5.11 Å². The number of halogens is 1. The Labute approximate surface area is 121 Å². The molecule has 1 N–H and O–H groups in total. The predicted octanol–water partition coefficient (Wildman–Crippen LogP) is 2.48. The van der Waals surface area contributed by atoms with Gasteiger partial charge in [-0.2, -0.15) is 4.31 Å². The summed E-state index contributed by atoms with van der Waals surface area (Å²) in [6, 6.07) is 2.37. The zero-order valence-corrected chi connectivity index (χ0v) is 13.5. The number of benzene rings is 1. The maximum atomic E-state index is 12.4. The van der Waals surface area contributed by atoms with Crippen molar-refractivity contribution in [3.63, 3.8) is 0 Å². The number of sulfonamides is 1. The van der Waals surface area contributed by atoms with E-state index < -0.39 is 16.0 Å². The first-order valence-electron chi connectivity index (χ1n) is 5.60. The lowest BCUT2D eigenvalue weighted by molar-refractivity contribution is 0.0696. The van der Waals surface area contributed by atoms with Crippen LogP contribution in [-0.2, 0) is 10.0 Å². The van der Waals surface area contributed by atoms with E-state index in [2.05, 4.69) is 15.9 Å². The van der Waals surface area contributed by atoms with Crippen LogP contribution >= 0.6 is 15.9 Å². The van der Waals surface area contributed by atoms with Crippen molar-refractivity contribution in [2.45, 2.75) is 31.7 Å². The molecule has 106 valence electrons. The van der Waals surface area contributed by atoms with Crippen molar-refractivity contribution in [2.24, 2.45) is 0 Å². The van der Waals surface area contributed by atoms with E-state index in [0.717, 1.165) is 0 Å². The lowest BCUT2D eigenvalue weighted by Gasteiger charge is -2.22. The Kier molecular flexibility index (Phi) is 4.76. The Balaban J connectivity index is 3.54. The quantitative estimate of drug-likeness (QED) is 0.905. The monoisotopic (exact) mass is 349 g/mol. The first-order chi connectivity index (χ1) is 8.59. The highest BCUT2D eigenvalue weighted by Gasteiger charge is 2.27. The number of aromatic carboxylic acids is 1. The van der Waals surface area contributed by atoms with Crippen LogP contribution in [0, 0.1) is 6.92 Å². The molecule has 0 unspecified atom stereocenters. The number of carboxylic acid groups (broad SMARTS) is 1. The van der Waals surface area contributed by atoms with Gasteiger partial charge in [0.05, 0.1) is 10.5 Å². The van der Waals surface area contributed by atoms with Gasteiger partial charge in [0.2, 0.25) is 10.0 Å². The van der Waals surface area contributed by atoms with E-state index in [1.54, 1.807) is 20.8 Å². The van der Waals surface area contributed by atoms with Crippen LogP contribution in [0.25, 0.3) is 0 Å². The van der Waals surface area contributed by atoms with Gasteiger partial charge in [-0.05, 0) is 38.5 Å². The van der Waals surface area contributed by atoms with Crippen molar-refractivity contribution in [1.29, 1.82) is 0 Å². The van der Waals surface area contributed by atoms with Crippen molar-refractivity contribution in [2.75, 3.05) is 7.05 Å². The number of hydrogen-bond donors (Lipinski definition) is 1. The standard InChI is InChI=1S/C12H16BrNO4S/c1-7(2)14(4)19(17,18)11-6-9(12(15)16)5-10(13)8(11)3/h5-7H,1-4H3,(H,15,16). The van der Waals surface area contributed by atoms with Crippen LogP contribution < -0.4 is 0 Å². The van der Waals surface area contributed by atoms with E-state index in [-0.39, 0.29) is 16.5 Å². The molecule has 0 atom stereocenters. The summed E-state index contributed by atoms with van der Waals surface area (Å²) in [5.74, 6) is -1.16. The van der Waals surface area contributed by atoms with Gasteiger partial charge < -0.3 is 5.11 Å². The van der Waals surface area contributed by atoms with E-state index >= 15 is 0 Å². The van der Waals surface area contributed by atoms with Crippen LogP contribution in [0.5, 0.6) is 0 Å². The number of nitrogens with zero attached hydrogens (tertiary/aromatic N) is 1. The largest absolute Gasteiger partial charge is 0.478 e. The number of carboxylic acids is 1. The van der Waals surface area contributed by atoms with Gasteiger partial charge in [0.25, 0.3) is 0 Å². The van der Waals surface area contributed by atoms with Crippen LogP contribution in [-0.4, -0.2) is 36.9 Å². The number of carbonyl (C=O) groups is 1. The SMILES string of the molecule is Cc1c(Br)cc(C(=O)O)cc1S(=O)(=O)N(C)C(C)C. The molecule has 1 rings (SSSR count). The number of hydrogen-bond acceptors (Lipinski definition) is 3. The Morgan fingerprint density at radius 2 is 1.89 bits per heavy atom. The van der Waals surface area contributed by atoms with Crippen molar-refractivity contribution in [3.8, 4) is 0 Å². The first kappa shape index (κ1) is 16.1. The lowest BCUT2D eigenvalue weighted by Crippen LogP contribution is -2.33. The van der Waals surface area contributed by atoms with Gasteiger partial charge in [0.15, 0.2) is 0 Å². The fraction of sp³-hybridized carbons (Fsp3) is 0.417. The summed E-state index contributed by atoms with van der Waals surface area (Å²) in [7, 11) is -2.23. The zero-order valence-electron chi connectivity index (χ0n) is 11.1. The zero-order chi connectivity index (χ0) is 15.0. The van der Waals surface area contributed by atoms with Crippen LogP contribution in [0.2, 0.25) is 0 Å². The predicted molar refractivity (Wildman–Crippen MR) is 75.9 cm³/mol. The topological polar surface area (TPSA) is 74.7 Å². The molecule has 7 heteroatoms. The Morgan fingerprint density at radius 1 is 1.37 bits per heavy atom. The molecule has 1 aromatic rings. The highest BCUT2D eigenvalue weighted by atomic mass is 79.9. The highest BCUT2D eigenvalue weighted by Crippen LogP contribution is 2.28. The van der Waals surface area contributed by atoms with Crippen molar-refractivity contribution >= 4 is 31.9 Å². The number of rotatable bonds is 4. The molecule has 0 bridgehead atoms. The minimum Gasteiger partial charge on any atom is -0.478 e. The highest BCUT2D eigenvalue weighted by molar-refractivity contribution is 9.10. The summed E-state index contributed by atoms with van der Waals surface area (Å²) in [6.45, 7) is 5.14. The van der Waals surface area contributed by atoms with E-state index in [1.165, 1.54) is 23.5 Å². The second kappa shape index (κ2) is 5.60. The summed E-state index contributed by atoms with van der Waals surface area (Å²) in [6.07, 6.45) is 0. The average molecular weight is 350 g/mol. The molecule has 5 nitrogen and oxygen atoms in total. The molecule has 0 saturated carbocycles.